The van der Waals surface area contributed by atoms with Crippen LogP contribution >= 0.6 is 15.9 Å². The van der Waals surface area contributed by atoms with Crippen LogP contribution in [0.15, 0.2) is 27.8 Å². The molecule has 0 aromatic heterocycles. The number of halogens is 1. The summed E-state index contributed by atoms with van der Waals surface area (Å²) in [7, 11) is 1.62. The van der Waals surface area contributed by atoms with Gasteiger partial charge in [0.05, 0.1) is 7.11 Å². The SMILES string of the molecule is COc1cc(Br)cc(NCC(C)/C(N)=N/O)c1. The summed E-state index contributed by atoms with van der Waals surface area (Å²) in [5.74, 6) is 0.919. The molecule has 94 valence electrons. The van der Waals surface area contributed by atoms with E-state index in [-0.39, 0.29) is 11.8 Å². The molecule has 0 aliphatic rings. The van der Waals surface area contributed by atoms with Gasteiger partial charge in [-0.15, -0.1) is 0 Å². The first-order chi connectivity index (χ1) is 8.06. The molecule has 1 rings (SSSR count). The van der Waals surface area contributed by atoms with Crippen LogP contribution in [-0.4, -0.2) is 24.7 Å². The molecule has 0 aliphatic heterocycles. The van der Waals surface area contributed by atoms with Gasteiger partial charge in [0.2, 0.25) is 0 Å². The van der Waals surface area contributed by atoms with Crippen LogP contribution in [0.25, 0.3) is 0 Å². The number of hydrogen-bond donors (Lipinski definition) is 3. The van der Waals surface area contributed by atoms with Crippen LogP contribution in [0.4, 0.5) is 5.69 Å². The van der Waals surface area contributed by atoms with Crippen molar-refractivity contribution in [3.05, 3.63) is 22.7 Å². The van der Waals surface area contributed by atoms with Crippen molar-refractivity contribution in [2.24, 2.45) is 16.8 Å². The van der Waals surface area contributed by atoms with E-state index in [1.165, 1.54) is 0 Å². The first kappa shape index (κ1) is 13.6. The minimum absolute atomic E-state index is 0.0509. The van der Waals surface area contributed by atoms with Crippen LogP contribution in [-0.2, 0) is 0 Å². The van der Waals surface area contributed by atoms with Crippen molar-refractivity contribution >= 4 is 27.5 Å². The third-order valence-electron chi connectivity index (χ3n) is 2.34. The Morgan fingerprint density at radius 1 is 1.59 bits per heavy atom. The van der Waals surface area contributed by atoms with Crippen molar-refractivity contribution in [1.29, 1.82) is 0 Å². The highest BCUT2D eigenvalue weighted by molar-refractivity contribution is 9.10. The molecule has 0 saturated heterocycles. The lowest BCUT2D eigenvalue weighted by molar-refractivity contribution is 0.315. The topological polar surface area (TPSA) is 79.9 Å². The molecular weight excluding hydrogens is 286 g/mol. The quantitative estimate of drug-likeness (QED) is 0.337. The summed E-state index contributed by atoms with van der Waals surface area (Å²) in [5.41, 5.74) is 6.40. The second-order valence-corrected chi connectivity index (χ2v) is 4.60. The minimum atomic E-state index is -0.0509. The Morgan fingerprint density at radius 2 is 2.29 bits per heavy atom. The first-order valence-corrected chi connectivity index (χ1v) is 5.92. The molecule has 0 heterocycles. The smallest absolute Gasteiger partial charge is 0.143 e. The number of hydrogen-bond acceptors (Lipinski definition) is 4. The number of anilines is 1. The van der Waals surface area contributed by atoms with E-state index in [1.807, 2.05) is 25.1 Å². The molecule has 0 radical (unpaired) electrons. The Kier molecular flexibility index (Phi) is 5.09. The minimum Gasteiger partial charge on any atom is -0.497 e. The molecule has 6 heteroatoms. The molecule has 0 saturated carbocycles. The fourth-order valence-electron chi connectivity index (χ4n) is 1.26. The van der Waals surface area contributed by atoms with Gasteiger partial charge in [-0.1, -0.05) is 28.0 Å². The average Bonchev–Trinajstić information content (AvgIpc) is 2.34. The monoisotopic (exact) mass is 301 g/mol. The van der Waals surface area contributed by atoms with Crippen molar-refractivity contribution < 1.29 is 9.94 Å². The highest BCUT2D eigenvalue weighted by Crippen LogP contribution is 2.24. The second kappa shape index (κ2) is 6.34. The van der Waals surface area contributed by atoms with E-state index >= 15 is 0 Å². The van der Waals surface area contributed by atoms with Gasteiger partial charge in [-0.2, -0.15) is 0 Å². The molecule has 0 spiro atoms. The van der Waals surface area contributed by atoms with E-state index in [0.717, 1.165) is 15.9 Å². The predicted molar refractivity (Wildman–Crippen MR) is 71.8 cm³/mol. The van der Waals surface area contributed by atoms with E-state index in [9.17, 15) is 0 Å². The largest absolute Gasteiger partial charge is 0.497 e. The molecule has 0 aliphatic carbocycles. The van der Waals surface area contributed by atoms with Crippen molar-refractivity contribution in [3.8, 4) is 5.75 Å². The van der Waals surface area contributed by atoms with Gasteiger partial charge in [0.25, 0.3) is 0 Å². The first-order valence-electron chi connectivity index (χ1n) is 5.12. The molecule has 0 amide bonds. The Labute approximate surface area is 109 Å². The van der Waals surface area contributed by atoms with Crippen LogP contribution < -0.4 is 15.8 Å². The maximum Gasteiger partial charge on any atom is 0.143 e. The standard InChI is InChI=1S/C11H16BrN3O2/c1-7(11(13)15-16)6-14-9-3-8(12)4-10(5-9)17-2/h3-5,7,14,16H,6H2,1-2H3,(H2,13,15). The fourth-order valence-corrected chi connectivity index (χ4v) is 1.73. The molecule has 0 fully saturated rings. The normalized spacial score (nSPS) is 13.2. The molecule has 17 heavy (non-hydrogen) atoms. The van der Waals surface area contributed by atoms with E-state index in [1.54, 1.807) is 7.11 Å². The van der Waals surface area contributed by atoms with Gasteiger partial charge in [0, 0.05) is 28.7 Å². The van der Waals surface area contributed by atoms with Crippen LogP contribution in [0, 0.1) is 5.92 Å². The maximum absolute atomic E-state index is 8.54. The van der Waals surface area contributed by atoms with E-state index < -0.39 is 0 Å². The number of ether oxygens (including phenoxy) is 1. The lowest BCUT2D eigenvalue weighted by Gasteiger charge is -2.13. The lowest BCUT2D eigenvalue weighted by Crippen LogP contribution is -2.27. The number of amidine groups is 1. The Bertz CT molecular complexity index is 410. The van der Waals surface area contributed by atoms with Gasteiger partial charge in [-0.05, 0) is 12.1 Å². The molecular formula is C11H16BrN3O2. The van der Waals surface area contributed by atoms with Crippen LogP contribution in [0.2, 0.25) is 0 Å². The van der Waals surface area contributed by atoms with Crippen LogP contribution in [0.5, 0.6) is 5.75 Å². The second-order valence-electron chi connectivity index (χ2n) is 3.69. The van der Waals surface area contributed by atoms with Gasteiger partial charge in [-0.3, -0.25) is 0 Å². The predicted octanol–water partition coefficient (Wildman–Crippen LogP) is 2.25. The van der Waals surface area contributed by atoms with E-state index in [2.05, 4.69) is 26.4 Å². The van der Waals surface area contributed by atoms with Gasteiger partial charge in [0.1, 0.15) is 11.6 Å². The highest BCUT2D eigenvalue weighted by atomic mass is 79.9. The number of methoxy groups -OCH3 is 1. The zero-order valence-corrected chi connectivity index (χ0v) is 11.4. The van der Waals surface area contributed by atoms with E-state index in [4.69, 9.17) is 15.7 Å². The maximum atomic E-state index is 8.54. The summed E-state index contributed by atoms with van der Waals surface area (Å²) in [6.45, 7) is 2.45. The zero-order chi connectivity index (χ0) is 12.8. The van der Waals surface area contributed by atoms with Crippen molar-refractivity contribution in [1.82, 2.24) is 0 Å². The van der Waals surface area contributed by atoms with E-state index in [0.29, 0.717) is 6.54 Å². The molecule has 0 bridgehead atoms. The summed E-state index contributed by atoms with van der Waals surface area (Å²) >= 11 is 3.40. The third kappa shape index (κ3) is 4.14. The van der Waals surface area contributed by atoms with Gasteiger partial charge in [0.15, 0.2) is 0 Å². The third-order valence-corrected chi connectivity index (χ3v) is 2.80. The molecule has 5 nitrogen and oxygen atoms in total. The average molecular weight is 302 g/mol. The summed E-state index contributed by atoms with van der Waals surface area (Å²) in [5, 5.41) is 14.7. The number of nitrogens with zero attached hydrogens (tertiary/aromatic N) is 1. The summed E-state index contributed by atoms with van der Waals surface area (Å²) in [4.78, 5) is 0. The van der Waals surface area contributed by atoms with Gasteiger partial charge in [-0.25, -0.2) is 0 Å². The Hall–Kier alpha value is -1.43. The van der Waals surface area contributed by atoms with Crippen molar-refractivity contribution in [2.75, 3.05) is 19.0 Å². The molecule has 4 N–H and O–H groups in total. The lowest BCUT2D eigenvalue weighted by atomic mass is 10.1. The van der Waals surface area contributed by atoms with Crippen molar-refractivity contribution in [3.63, 3.8) is 0 Å². The summed E-state index contributed by atoms with van der Waals surface area (Å²) in [6, 6.07) is 5.68. The Balaban J connectivity index is 2.66. The van der Waals surface area contributed by atoms with Gasteiger partial charge >= 0.3 is 0 Å². The van der Waals surface area contributed by atoms with Crippen molar-refractivity contribution in [2.45, 2.75) is 6.92 Å². The molecule has 1 aromatic carbocycles. The molecule has 1 atom stereocenters. The number of nitrogens with one attached hydrogen (secondary N) is 1. The zero-order valence-electron chi connectivity index (χ0n) is 9.77. The van der Waals surface area contributed by atoms with Gasteiger partial charge < -0.3 is 21.0 Å². The highest BCUT2D eigenvalue weighted by Gasteiger charge is 2.07. The number of nitrogens with two attached hydrogens (primary N) is 1. The summed E-state index contributed by atoms with van der Waals surface area (Å²) in [6.07, 6.45) is 0. The van der Waals surface area contributed by atoms with Crippen LogP contribution in [0.1, 0.15) is 6.92 Å². The molecule has 1 unspecified atom stereocenters. The number of rotatable bonds is 5. The number of benzene rings is 1. The van der Waals surface area contributed by atoms with Crippen LogP contribution in [0.3, 0.4) is 0 Å². The Morgan fingerprint density at radius 3 is 2.88 bits per heavy atom. The molecule has 1 aromatic rings. The number of oxime groups is 1. The summed E-state index contributed by atoms with van der Waals surface area (Å²) < 4.78 is 6.08. The fraction of sp³-hybridized carbons (Fsp3) is 0.364.